The van der Waals surface area contributed by atoms with Crippen molar-refractivity contribution in [3.05, 3.63) is 90.0 Å². The molecule has 1 aromatic heterocycles. The minimum absolute atomic E-state index is 0.0763. The SMILES string of the molecule is COn1cc[n+](S(=O)(=O)N2CCOC(C(c3ccc(F)cc3)c3ccc(F)cc3)C2)c1. The van der Waals surface area contributed by atoms with Gasteiger partial charge in [-0.25, -0.2) is 8.78 Å². The highest BCUT2D eigenvalue weighted by Crippen LogP contribution is 2.32. The summed E-state index contributed by atoms with van der Waals surface area (Å²) in [5.74, 6) is -1.17. The van der Waals surface area contributed by atoms with Crippen LogP contribution in [-0.4, -0.2) is 50.4 Å². The normalized spacial score (nSPS) is 17.7. The number of benzene rings is 2. The first kappa shape index (κ1) is 21.4. The lowest BCUT2D eigenvalue weighted by molar-refractivity contribution is -0.517. The van der Waals surface area contributed by atoms with Crippen molar-refractivity contribution in [2.45, 2.75) is 12.0 Å². The van der Waals surface area contributed by atoms with E-state index in [0.717, 1.165) is 15.1 Å². The molecule has 1 aliphatic heterocycles. The molecule has 0 saturated carbocycles. The number of halogens is 2. The molecule has 3 aromatic rings. The van der Waals surface area contributed by atoms with Crippen LogP contribution < -0.4 is 8.81 Å². The molecule has 1 aliphatic rings. The maximum absolute atomic E-state index is 13.5. The molecule has 1 saturated heterocycles. The summed E-state index contributed by atoms with van der Waals surface area (Å²) in [4.78, 5) is 5.00. The van der Waals surface area contributed by atoms with Gasteiger partial charge in [-0.2, -0.15) is 12.7 Å². The van der Waals surface area contributed by atoms with E-state index in [-0.39, 0.29) is 31.3 Å². The van der Waals surface area contributed by atoms with Gasteiger partial charge in [0.15, 0.2) is 12.4 Å². The molecule has 1 atom stereocenters. The van der Waals surface area contributed by atoms with Crippen LogP contribution in [0, 0.1) is 11.6 Å². The second-order valence-electron chi connectivity index (χ2n) is 7.14. The van der Waals surface area contributed by atoms with E-state index in [1.807, 2.05) is 0 Å². The van der Waals surface area contributed by atoms with Crippen molar-refractivity contribution in [2.75, 3.05) is 26.8 Å². The van der Waals surface area contributed by atoms with Crippen LogP contribution in [0.2, 0.25) is 0 Å². The summed E-state index contributed by atoms with van der Waals surface area (Å²) in [7, 11) is -2.42. The first-order chi connectivity index (χ1) is 14.9. The Bertz CT molecular complexity index is 1090. The molecule has 31 heavy (non-hydrogen) atoms. The maximum atomic E-state index is 13.5. The smallest absolute Gasteiger partial charge is 0.374 e. The van der Waals surface area contributed by atoms with Crippen molar-refractivity contribution < 1.29 is 30.7 Å². The Labute approximate surface area is 179 Å². The van der Waals surface area contributed by atoms with Gasteiger partial charge in [0.2, 0.25) is 0 Å². The third-order valence-corrected chi connectivity index (χ3v) is 7.01. The third kappa shape index (κ3) is 4.46. The molecule has 2 heterocycles. The van der Waals surface area contributed by atoms with Crippen LogP contribution in [0.15, 0.2) is 67.3 Å². The number of morpholine rings is 1. The Kier molecular flexibility index (Phi) is 6.03. The Morgan fingerprint density at radius 3 is 2.16 bits per heavy atom. The highest BCUT2D eigenvalue weighted by Gasteiger charge is 2.38. The Hall–Kier alpha value is -2.82. The Morgan fingerprint density at radius 1 is 1.06 bits per heavy atom. The fraction of sp³-hybridized carbons (Fsp3) is 0.286. The zero-order valence-corrected chi connectivity index (χ0v) is 17.6. The average molecular weight is 450 g/mol. The molecule has 10 heteroatoms. The highest BCUT2D eigenvalue weighted by molar-refractivity contribution is 7.82. The fourth-order valence-corrected chi connectivity index (χ4v) is 5.05. The van der Waals surface area contributed by atoms with Gasteiger partial charge < -0.3 is 9.57 Å². The molecule has 4 rings (SSSR count). The van der Waals surface area contributed by atoms with E-state index in [0.29, 0.717) is 0 Å². The molecule has 1 fully saturated rings. The van der Waals surface area contributed by atoms with Gasteiger partial charge in [-0.3, -0.25) is 0 Å². The van der Waals surface area contributed by atoms with Crippen molar-refractivity contribution in [2.24, 2.45) is 0 Å². The lowest BCUT2D eigenvalue weighted by Crippen LogP contribution is -2.57. The van der Waals surface area contributed by atoms with Gasteiger partial charge >= 0.3 is 16.5 Å². The van der Waals surface area contributed by atoms with E-state index >= 15 is 0 Å². The van der Waals surface area contributed by atoms with Crippen molar-refractivity contribution in [3.63, 3.8) is 0 Å². The van der Waals surface area contributed by atoms with Gasteiger partial charge in [0.05, 0.1) is 12.7 Å². The number of hydrogen-bond donors (Lipinski definition) is 0. The van der Waals surface area contributed by atoms with Crippen molar-refractivity contribution in [3.8, 4) is 0 Å². The van der Waals surface area contributed by atoms with Crippen LogP contribution in [0.25, 0.3) is 0 Å². The summed E-state index contributed by atoms with van der Waals surface area (Å²) in [5.41, 5.74) is 1.49. The quantitative estimate of drug-likeness (QED) is 0.537. The van der Waals surface area contributed by atoms with Crippen molar-refractivity contribution in [1.82, 2.24) is 9.04 Å². The second kappa shape index (κ2) is 8.74. The number of ether oxygens (including phenoxy) is 1. The minimum Gasteiger partial charge on any atom is -0.374 e. The standard InChI is InChI=1S/C21H22F2N3O4S/c1-29-24-10-11-26(15-24)31(27,28)25-12-13-30-20(14-25)21(16-2-6-18(22)7-3-16)17-4-8-19(23)9-5-17/h2-11,15,20-21H,12-14H2,1H3/q+1. The number of imidazole rings is 1. The van der Waals surface area contributed by atoms with Crippen LogP contribution in [-0.2, 0) is 14.9 Å². The lowest BCUT2D eigenvalue weighted by atomic mass is 9.86. The predicted octanol–water partition coefficient (Wildman–Crippen LogP) is 1.74. The van der Waals surface area contributed by atoms with E-state index in [9.17, 15) is 17.2 Å². The maximum Gasteiger partial charge on any atom is 0.380 e. The minimum atomic E-state index is -3.85. The van der Waals surface area contributed by atoms with Crippen LogP contribution in [0.1, 0.15) is 17.0 Å². The molecule has 0 aliphatic carbocycles. The van der Waals surface area contributed by atoms with Gasteiger partial charge in [-0.05, 0) is 35.4 Å². The summed E-state index contributed by atoms with van der Waals surface area (Å²) in [5, 5.41) is 0. The summed E-state index contributed by atoms with van der Waals surface area (Å²) >= 11 is 0. The largest absolute Gasteiger partial charge is 0.380 e. The topological polar surface area (TPSA) is 64.7 Å². The average Bonchev–Trinajstić information content (AvgIpc) is 3.27. The summed E-state index contributed by atoms with van der Waals surface area (Å²) in [6, 6.07) is 11.9. The number of hydrogen-bond acceptors (Lipinski definition) is 4. The molecule has 0 N–H and O–H groups in total. The predicted molar refractivity (Wildman–Crippen MR) is 107 cm³/mol. The van der Waals surface area contributed by atoms with E-state index in [1.165, 1.54) is 59.1 Å². The highest BCUT2D eigenvalue weighted by atomic mass is 32.2. The summed E-state index contributed by atoms with van der Waals surface area (Å²) < 4.78 is 62.9. The monoisotopic (exact) mass is 450 g/mol. The van der Waals surface area contributed by atoms with Gasteiger partial charge in [0, 0.05) is 19.0 Å². The van der Waals surface area contributed by atoms with E-state index in [4.69, 9.17) is 9.57 Å². The molecule has 0 radical (unpaired) electrons. The number of aromatic nitrogens is 2. The Morgan fingerprint density at radius 2 is 1.65 bits per heavy atom. The molecular formula is C21H22F2N3O4S+. The second-order valence-corrected chi connectivity index (χ2v) is 8.98. The molecule has 1 unspecified atom stereocenters. The van der Waals surface area contributed by atoms with Crippen LogP contribution in [0.3, 0.4) is 0 Å². The third-order valence-electron chi connectivity index (χ3n) is 5.28. The molecule has 7 nitrogen and oxygen atoms in total. The van der Waals surface area contributed by atoms with Crippen LogP contribution in [0.5, 0.6) is 0 Å². The van der Waals surface area contributed by atoms with E-state index in [1.54, 1.807) is 24.3 Å². The first-order valence-corrected chi connectivity index (χ1v) is 11.0. The first-order valence-electron chi connectivity index (χ1n) is 9.65. The van der Waals surface area contributed by atoms with Crippen molar-refractivity contribution >= 4 is 10.2 Å². The van der Waals surface area contributed by atoms with Gasteiger partial charge in [-0.1, -0.05) is 29.0 Å². The fourth-order valence-electron chi connectivity index (χ4n) is 3.72. The van der Waals surface area contributed by atoms with E-state index in [2.05, 4.69) is 0 Å². The molecule has 0 bridgehead atoms. The molecule has 0 spiro atoms. The molecule has 0 amide bonds. The lowest BCUT2D eigenvalue weighted by Gasteiger charge is -2.35. The van der Waals surface area contributed by atoms with Gasteiger partial charge in [0.1, 0.15) is 18.7 Å². The number of rotatable bonds is 6. The summed E-state index contributed by atoms with van der Waals surface area (Å²) in [6.07, 6.45) is 3.64. The van der Waals surface area contributed by atoms with Crippen molar-refractivity contribution in [1.29, 1.82) is 0 Å². The zero-order chi connectivity index (χ0) is 22.0. The summed E-state index contributed by atoms with van der Waals surface area (Å²) in [6.45, 7) is 0.449. The van der Waals surface area contributed by atoms with Gasteiger partial charge in [0.25, 0.3) is 0 Å². The molecule has 164 valence electrons. The van der Waals surface area contributed by atoms with Crippen LogP contribution >= 0.6 is 0 Å². The van der Waals surface area contributed by atoms with E-state index < -0.39 is 22.2 Å². The Balaban J connectivity index is 1.66. The number of nitrogens with zero attached hydrogens (tertiary/aromatic N) is 3. The zero-order valence-electron chi connectivity index (χ0n) is 16.8. The molecular weight excluding hydrogens is 428 g/mol. The molecule has 2 aromatic carbocycles. The van der Waals surface area contributed by atoms with Crippen LogP contribution in [0.4, 0.5) is 8.78 Å². The van der Waals surface area contributed by atoms with Gasteiger partial charge in [-0.15, -0.1) is 3.97 Å².